The predicted molar refractivity (Wildman–Crippen MR) is 99.5 cm³/mol. The van der Waals surface area contributed by atoms with E-state index >= 15 is 0 Å². The van der Waals surface area contributed by atoms with Crippen molar-refractivity contribution in [2.45, 2.75) is 13.5 Å². The van der Waals surface area contributed by atoms with Gasteiger partial charge in [-0.25, -0.2) is 0 Å². The zero-order valence-electron chi connectivity index (χ0n) is 13.2. The summed E-state index contributed by atoms with van der Waals surface area (Å²) in [5.74, 6) is -0.0326. The number of nitrogens with zero attached hydrogens (tertiary/aromatic N) is 1. The van der Waals surface area contributed by atoms with Crippen molar-refractivity contribution >= 4 is 38.2 Å². The fourth-order valence-corrected chi connectivity index (χ4v) is 3.88. The van der Waals surface area contributed by atoms with Crippen molar-refractivity contribution in [1.82, 2.24) is 10.3 Å². The Kier molecular flexibility index (Phi) is 3.75. The maximum Gasteiger partial charge on any atom is 0.261 e. The summed E-state index contributed by atoms with van der Waals surface area (Å²) in [6, 6.07) is 20.1. The number of para-hydroxylation sites is 1. The van der Waals surface area contributed by atoms with Gasteiger partial charge in [-0.3, -0.25) is 9.78 Å². The van der Waals surface area contributed by atoms with Crippen molar-refractivity contribution in [1.29, 1.82) is 0 Å². The first-order valence-corrected chi connectivity index (χ1v) is 8.64. The predicted octanol–water partition coefficient (Wildman–Crippen LogP) is 4.69. The van der Waals surface area contributed by atoms with E-state index in [0.29, 0.717) is 6.54 Å². The summed E-state index contributed by atoms with van der Waals surface area (Å²) >= 11 is 1.52. The van der Waals surface area contributed by atoms with Gasteiger partial charge in [-0.1, -0.05) is 36.4 Å². The maximum atomic E-state index is 12.5. The van der Waals surface area contributed by atoms with E-state index in [-0.39, 0.29) is 5.91 Å². The van der Waals surface area contributed by atoms with Gasteiger partial charge in [-0.15, -0.1) is 11.3 Å². The van der Waals surface area contributed by atoms with Crippen LogP contribution in [0.3, 0.4) is 0 Å². The molecule has 0 saturated heterocycles. The lowest BCUT2D eigenvalue weighted by atomic mass is 10.1. The van der Waals surface area contributed by atoms with Crippen molar-refractivity contribution in [3.05, 3.63) is 76.8 Å². The highest BCUT2D eigenvalue weighted by Gasteiger charge is 2.11. The van der Waals surface area contributed by atoms with Gasteiger partial charge in [0.25, 0.3) is 5.91 Å². The molecule has 0 unspecified atom stereocenters. The van der Waals surface area contributed by atoms with Crippen LogP contribution in [0.2, 0.25) is 0 Å². The van der Waals surface area contributed by atoms with Crippen molar-refractivity contribution in [3.63, 3.8) is 0 Å². The summed E-state index contributed by atoms with van der Waals surface area (Å²) in [7, 11) is 0. The maximum absolute atomic E-state index is 12.5. The van der Waals surface area contributed by atoms with Crippen LogP contribution in [0.4, 0.5) is 0 Å². The first kappa shape index (κ1) is 14.8. The van der Waals surface area contributed by atoms with Gasteiger partial charge in [0.05, 0.1) is 10.4 Å². The van der Waals surface area contributed by atoms with Gasteiger partial charge < -0.3 is 5.32 Å². The molecular formula is C20H16N2OS. The number of nitrogens with one attached hydrogen (secondary N) is 1. The van der Waals surface area contributed by atoms with Crippen LogP contribution in [0.5, 0.6) is 0 Å². The quantitative estimate of drug-likeness (QED) is 0.591. The van der Waals surface area contributed by atoms with Crippen LogP contribution in [0.1, 0.15) is 20.9 Å². The first-order valence-electron chi connectivity index (χ1n) is 7.83. The van der Waals surface area contributed by atoms with Crippen LogP contribution in [0.15, 0.2) is 60.7 Å². The number of benzene rings is 2. The number of carbonyl (C=O) groups is 1. The van der Waals surface area contributed by atoms with Gasteiger partial charge in [0, 0.05) is 22.3 Å². The van der Waals surface area contributed by atoms with Crippen LogP contribution in [-0.4, -0.2) is 10.9 Å². The summed E-state index contributed by atoms with van der Waals surface area (Å²) in [6.45, 7) is 2.47. The summed E-state index contributed by atoms with van der Waals surface area (Å²) in [5.41, 5.74) is 3.01. The molecule has 1 amide bonds. The minimum absolute atomic E-state index is 0.0326. The summed E-state index contributed by atoms with van der Waals surface area (Å²) in [5, 5.41) is 5.23. The van der Waals surface area contributed by atoms with Gasteiger partial charge in [0.1, 0.15) is 0 Å². The topological polar surface area (TPSA) is 42.0 Å². The highest BCUT2D eigenvalue weighted by Crippen LogP contribution is 2.25. The lowest BCUT2D eigenvalue weighted by Crippen LogP contribution is -2.22. The van der Waals surface area contributed by atoms with E-state index in [1.807, 2.05) is 67.6 Å². The van der Waals surface area contributed by atoms with E-state index in [1.165, 1.54) is 11.3 Å². The monoisotopic (exact) mass is 332 g/mol. The molecule has 2 aromatic carbocycles. The summed E-state index contributed by atoms with van der Waals surface area (Å²) < 4.78 is 1.13. The minimum Gasteiger partial charge on any atom is -0.347 e. The third kappa shape index (κ3) is 2.76. The Morgan fingerprint density at radius 2 is 1.88 bits per heavy atom. The number of aromatic nitrogens is 1. The second-order valence-corrected chi connectivity index (χ2v) is 6.85. The van der Waals surface area contributed by atoms with Crippen molar-refractivity contribution in [2.24, 2.45) is 0 Å². The normalized spacial score (nSPS) is 11.0. The Labute approximate surface area is 144 Å². The summed E-state index contributed by atoms with van der Waals surface area (Å²) in [6.07, 6.45) is 0. The van der Waals surface area contributed by atoms with E-state index in [4.69, 9.17) is 0 Å². The fraction of sp³-hybridized carbons (Fsp3) is 0.100. The van der Waals surface area contributed by atoms with Crippen LogP contribution in [0, 0.1) is 6.92 Å². The molecule has 24 heavy (non-hydrogen) atoms. The van der Waals surface area contributed by atoms with Gasteiger partial charge in [0.15, 0.2) is 0 Å². The Morgan fingerprint density at radius 1 is 1.08 bits per heavy atom. The molecule has 4 heteroatoms. The van der Waals surface area contributed by atoms with E-state index in [0.717, 1.165) is 37.1 Å². The molecule has 3 nitrogen and oxygen atoms in total. The lowest BCUT2D eigenvalue weighted by molar-refractivity contribution is 0.0955. The molecule has 118 valence electrons. The standard InChI is InChI=1S/C20H16N2OS/c1-13-10-15(16-7-3-4-8-17(16)22-13)12-21-20(23)19-11-14-6-2-5-9-18(14)24-19/h2-11H,12H2,1H3,(H,21,23). The molecule has 1 N–H and O–H groups in total. The molecule has 0 spiro atoms. The number of hydrogen-bond acceptors (Lipinski definition) is 3. The Morgan fingerprint density at radius 3 is 2.75 bits per heavy atom. The highest BCUT2D eigenvalue weighted by molar-refractivity contribution is 7.20. The van der Waals surface area contributed by atoms with Crippen LogP contribution in [0.25, 0.3) is 21.0 Å². The number of carbonyl (C=O) groups excluding carboxylic acids is 1. The van der Waals surface area contributed by atoms with Crippen LogP contribution >= 0.6 is 11.3 Å². The fourth-order valence-electron chi connectivity index (χ4n) is 2.90. The van der Waals surface area contributed by atoms with Crippen molar-refractivity contribution in [2.75, 3.05) is 0 Å². The number of thiophene rings is 1. The SMILES string of the molecule is Cc1cc(CNC(=O)c2cc3ccccc3s2)c2ccccc2n1. The zero-order valence-corrected chi connectivity index (χ0v) is 14.1. The third-order valence-electron chi connectivity index (χ3n) is 4.02. The Balaban J connectivity index is 1.59. The highest BCUT2D eigenvalue weighted by atomic mass is 32.1. The molecule has 4 aromatic rings. The van der Waals surface area contributed by atoms with E-state index < -0.39 is 0 Å². The molecule has 0 saturated carbocycles. The largest absolute Gasteiger partial charge is 0.347 e. The molecule has 2 aromatic heterocycles. The molecule has 0 aliphatic carbocycles. The molecule has 4 rings (SSSR count). The molecule has 0 aliphatic heterocycles. The number of fused-ring (bicyclic) bond motifs is 2. The molecule has 2 heterocycles. The number of pyridine rings is 1. The first-order chi connectivity index (χ1) is 11.7. The van der Waals surface area contributed by atoms with Crippen LogP contribution < -0.4 is 5.32 Å². The van der Waals surface area contributed by atoms with Crippen molar-refractivity contribution < 1.29 is 4.79 Å². The number of aryl methyl sites for hydroxylation is 1. The van der Waals surface area contributed by atoms with Gasteiger partial charge in [-0.05, 0) is 42.1 Å². The van der Waals surface area contributed by atoms with E-state index in [1.54, 1.807) is 0 Å². The molecular weight excluding hydrogens is 316 g/mol. The van der Waals surface area contributed by atoms with Crippen LogP contribution in [-0.2, 0) is 6.54 Å². The Bertz CT molecular complexity index is 1020. The second kappa shape index (κ2) is 6.06. The molecule has 0 bridgehead atoms. The lowest BCUT2D eigenvalue weighted by Gasteiger charge is -2.09. The molecule has 0 radical (unpaired) electrons. The van der Waals surface area contributed by atoms with Gasteiger partial charge in [0.2, 0.25) is 0 Å². The second-order valence-electron chi connectivity index (χ2n) is 5.77. The minimum atomic E-state index is -0.0326. The number of hydrogen-bond donors (Lipinski definition) is 1. The van der Waals surface area contributed by atoms with Crippen molar-refractivity contribution in [3.8, 4) is 0 Å². The molecule has 0 aliphatic rings. The van der Waals surface area contributed by atoms with E-state index in [9.17, 15) is 4.79 Å². The number of rotatable bonds is 3. The average molecular weight is 332 g/mol. The zero-order chi connectivity index (χ0) is 16.5. The molecule has 0 fully saturated rings. The molecule has 0 atom stereocenters. The Hall–Kier alpha value is -2.72. The summed E-state index contributed by atoms with van der Waals surface area (Å²) in [4.78, 5) is 17.8. The average Bonchev–Trinajstić information content (AvgIpc) is 3.03. The smallest absolute Gasteiger partial charge is 0.261 e. The third-order valence-corrected chi connectivity index (χ3v) is 5.13. The van der Waals surface area contributed by atoms with Gasteiger partial charge >= 0.3 is 0 Å². The number of amides is 1. The van der Waals surface area contributed by atoms with E-state index in [2.05, 4.69) is 10.3 Å². The van der Waals surface area contributed by atoms with Gasteiger partial charge in [-0.2, -0.15) is 0 Å².